The Labute approximate surface area is 207 Å². The van der Waals surface area contributed by atoms with Crippen molar-refractivity contribution in [3.8, 4) is 11.1 Å². The van der Waals surface area contributed by atoms with Crippen molar-refractivity contribution < 1.29 is 42.4 Å². The highest BCUT2D eigenvalue weighted by molar-refractivity contribution is 7.39. The van der Waals surface area contributed by atoms with Crippen molar-refractivity contribution in [1.82, 2.24) is 14.1 Å². The number of benzene rings is 1. The second-order valence-corrected chi connectivity index (χ2v) is 8.88. The summed E-state index contributed by atoms with van der Waals surface area (Å²) in [5.41, 5.74) is -2.67. The Balaban J connectivity index is 1.70. The number of ether oxygens (including phenoxy) is 1. The minimum absolute atomic E-state index is 0.176. The summed E-state index contributed by atoms with van der Waals surface area (Å²) in [5, 5.41) is 20.6. The van der Waals surface area contributed by atoms with Gasteiger partial charge in [-0.05, 0) is 23.3 Å². The third-order valence-corrected chi connectivity index (χ3v) is 6.04. The fourth-order valence-corrected chi connectivity index (χ4v) is 4.16. The molecule has 11 nitrogen and oxygen atoms in total. The molecule has 1 fully saturated rings. The van der Waals surface area contributed by atoms with Gasteiger partial charge in [-0.1, -0.05) is 30.3 Å². The van der Waals surface area contributed by atoms with Crippen molar-refractivity contribution in [2.45, 2.75) is 37.3 Å². The van der Waals surface area contributed by atoms with Crippen molar-refractivity contribution in [3.63, 3.8) is 0 Å². The van der Waals surface area contributed by atoms with Crippen LogP contribution < -0.4 is 11.2 Å². The van der Waals surface area contributed by atoms with Gasteiger partial charge in [0, 0.05) is 12.3 Å². The van der Waals surface area contributed by atoms with Gasteiger partial charge in [0.25, 0.3) is 5.56 Å². The van der Waals surface area contributed by atoms with Crippen molar-refractivity contribution >= 4 is 8.60 Å². The SMILES string of the molecule is O=c1ccn(C2OC(COP(O)O)C(O)C2O)c(=O)n1Cc1cc(-c2ccccc2)cc(C(F)(F)F)n1. The predicted octanol–water partition coefficient (Wildman–Crippen LogP) is 0.986. The molecule has 0 saturated carbocycles. The summed E-state index contributed by atoms with van der Waals surface area (Å²) in [6.07, 6.45) is -9.77. The first-order valence-electron chi connectivity index (χ1n) is 10.7. The molecular formula is C22H21F3N3O8P. The van der Waals surface area contributed by atoms with E-state index in [1.54, 1.807) is 30.3 Å². The van der Waals surface area contributed by atoms with Crippen LogP contribution in [-0.2, 0) is 22.0 Å². The van der Waals surface area contributed by atoms with E-state index in [4.69, 9.17) is 14.5 Å². The molecule has 3 heterocycles. The standard InChI is InChI=1S/C22H21F3N3O8P/c23-22(24,25)16-9-13(12-4-2-1-3-5-12)8-14(26-16)10-28-17(29)6-7-27(21(28)32)20-19(31)18(30)15(36-20)11-35-37(33)34/h1-9,15,18-20,30-31,33-34H,10-11H2. The van der Waals surface area contributed by atoms with Crippen LogP contribution in [0.5, 0.6) is 0 Å². The number of halogens is 3. The molecule has 4 unspecified atom stereocenters. The van der Waals surface area contributed by atoms with Gasteiger partial charge in [-0.3, -0.25) is 13.9 Å². The van der Waals surface area contributed by atoms with E-state index in [0.717, 1.165) is 22.9 Å². The molecule has 4 N–H and O–H groups in total. The lowest BCUT2D eigenvalue weighted by Gasteiger charge is -2.19. The molecule has 1 saturated heterocycles. The van der Waals surface area contributed by atoms with Gasteiger partial charge in [-0.25, -0.2) is 9.78 Å². The second kappa shape index (κ2) is 10.8. The van der Waals surface area contributed by atoms with E-state index in [1.165, 1.54) is 6.07 Å². The summed E-state index contributed by atoms with van der Waals surface area (Å²) in [6, 6.07) is 11.3. The van der Waals surface area contributed by atoms with E-state index in [0.29, 0.717) is 10.1 Å². The van der Waals surface area contributed by atoms with Gasteiger partial charge in [-0.2, -0.15) is 13.2 Å². The molecule has 37 heavy (non-hydrogen) atoms. The maximum absolute atomic E-state index is 13.6. The van der Waals surface area contributed by atoms with Gasteiger partial charge in [0.2, 0.25) is 0 Å². The summed E-state index contributed by atoms with van der Waals surface area (Å²) < 4.78 is 52.1. The van der Waals surface area contributed by atoms with Crippen LogP contribution >= 0.6 is 8.60 Å². The number of aromatic nitrogens is 3. The fourth-order valence-electron chi connectivity index (χ4n) is 3.88. The zero-order chi connectivity index (χ0) is 26.9. The highest BCUT2D eigenvalue weighted by atomic mass is 31.2. The average Bonchev–Trinajstić information content (AvgIpc) is 3.13. The molecule has 198 valence electrons. The van der Waals surface area contributed by atoms with E-state index in [-0.39, 0.29) is 11.3 Å². The Bertz CT molecular complexity index is 1370. The number of pyridine rings is 1. The van der Waals surface area contributed by atoms with E-state index in [2.05, 4.69) is 9.51 Å². The van der Waals surface area contributed by atoms with E-state index >= 15 is 0 Å². The number of alkyl halides is 3. The Morgan fingerprint density at radius 3 is 2.38 bits per heavy atom. The molecule has 3 aromatic rings. The summed E-state index contributed by atoms with van der Waals surface area (Å²) >= 11 is 0. The molecule has 1 aliphatic rings. The summed E-state index contributed by atoms with van der Waals surface area (Å²) in [5.74, 6) is 0. The maximum atomic E-state index is 13.6. The smallest absolute Gasteiger partial charge is 0.387 e. The lowest BCUT2D eigenvalue weighted by molar-refractivity contribution is -0.141. The minimum Gasteiger partial charge on any atom is -0.387 e. The summed E-state index contributed by atoms with van der Waals surface area (Å²) in [4.78, 5) is 47.0. The predicted molar refractivity (Wildman–Crippen MR) is 122 cm³/mol. The van der Waals surface area contributed by atoms with E-state index < -0.39 is 69.4 Å². The first-order valence-corrected chi connectivity index (χ1v) is 11.9. The molecule has 15 heteroatoms. The van der Waals surface area contributed by atoms with Crippen LogP contribution in [0, 0.1) is 0 Å². The number of hydrogen-bond acceptors (Lipinski definition) is 9. The van der Waals surface area contributed by atoms with Crippen LogP contribution in [0.15, 0.2) is 64.3 Å². The second-order valence-electron chi connectivity index (χ2n) is 8.12. The number of nitrogens with zero attached hydrogens (tertiary/aromatic N) is 3. The molecule has 0 radical (unpaired) electrons. The van der Waals surface area contributed by atoms with Gasteiger partial charge >= 0.3 is 20.5 Å². The van der Waals surface area contributed by atoms with Crippen molar-refractivity contribution in [3.05, 3.63) is 87.0 Å². The molecule has 0 spiro atoms. The Morgan fingerprint density at radius 2 is 1.73 bits per heavy atom. The largest absolute Gasteiger partial charge is 0.433 e. The zero-order valence-corrected chi connectivity index (χ0v) is 19.7. The zero-order valence-electron chi connectivity index (χ0n) is 18.8. The fraction of sp³-hybridized carbons (Fsp3) is 0.318. The average molecular weight is 543 g/mol. The molecule has 1 aliphatic heterocycles. The lowest BCUT2D eigenvalue weighted by Crippen LogP contribution is -2.43. The van der Waals surface area contributed by atoms with Gasteiger partial charge in [0.1, 0.15) is 24.0 Å². The molecule has 0 aliphatic carbocycles. The van der Waals surface area contributed by atoms with Crippen LogP contribution in [0.3, 0.4) is 0 Å². The molecule has 2 aromatic heterocycles. The Kier molecular flexibility index (Phi) is 7.90. The van der Waals surface area contributed by atoms with Crippen LogP contribution in [0.4, 0.5) is 13.2 Å². The van der Waals surface area contributed by atoms with E-state index in [9.17, 15) is 33.0 Å². The third-order valence-electron chi connectivity index (χ3n) is 5.66. The molecule has 0 bridgehead atoms. The number of aliphatic hydroxyl groups excluding tert-OH is 2. The normalized spacial score (nSPS) is 22.1. The quantitative estimate of drug-likeness (QED) is 0.319. The number of aliphatic hydroxyl groups is 2. The van der Waals surface area contributed by atoms with Gasteiger partial charge < -0.3 is 29.3 Å². The molecule has 4 rings (SSSR count). The molecule has 4 atom stereocenters. The summed E-state index contributed by atoms with van der Waals surface area (Å²) in [7, 11) is -2.77. The first-order chi connectivity index (χ1) is 17.5. The van der Waals surface area contributed by atoms with Crippen molar-refractivity contribution in [1.29, 1.82) is 0 Å². The first kappa shape index (κ1) is 27.1. The third kappa shape index (κ3) is 5.96. The lowest BCUT2D eigenvalue weighted by atomic mass is 10.0. The summed E-state index contributed by atoms with van der Waals surface area (Å²) in [6.45, 7) is -1.14. The van der Waals surface area contributed by atoms with Gasteiger partial charge in [-0.15, -0.1) is 0 Å². The van der Waals surface area contributed by atoms with E-state index in [1.807, 2.05) is 0 Å². The van der Waals surface area contributed by atoms with Crippen molar-refractivity contribution in [2.24, 2.45) is 0 Å². The van der Waals surface area contributed by atoms with Crippen molar-refractivity contribution in [2.75, 3.05) is 6.61 Å². The highest BCUT2D eigenvalue weighted by Crippen LogP contribution is 2.33. The van der Waals surface area contributed by atoms with Crippen LogP contribution in [0.1, 0.15) is 17.6 Å². The molecular weight excluding hydrogens is 522 g/mol. The topological polar surface area (TPSA) is 156 Å². The number of hydrogen-bond donors (Lipinski definition) is 4. The minimum atomic E-state index is -4.79. The van der Waals surface area contributed by atoms with Gasteiger partial charge in [0.15, 0.2) is 6.23 Å². The molecule has 1 aromatic carbocycles. The van der Waals surface area contributed by atoms with Crippen LogP contribution in [-0.4, -0.2) is 59.0 Å². The Morgan fingerprint density at radius 1 is 1.03 bits per heavy atom. The monoisotopic (exact) mass is 543 g/mol. The van der Waals surface area contributed by atoms with Crippen LogP contribution in [0.25, 0.3) is 11.1 Å². The van der Waals surface area contributed by atoms with Crippen LogP contribution in [0.2, 0.25) is 0 Å². The maximum Gasteiger partial charge on any atom is 0.433 e. The number of rotatable bonds is 7. The Hall–Kier alpha value is -2.97. The van der Waals surface area contributed by atoms with Gasteiger partial charge in [0.05, 0.1) is 18.8 Å². The molecule has 0 amide bonds. The highest BCUT2D eigenvalue weighted by Gasteiger charge is 2.44.